The fourth-order valence-electron chi connectivity index (χ4n) is 4.52. The van der Waals surface area contributed by atoms with Gasteiger partial charge in [0.1, 0.15) is 11.4 Å². The van der Waals surface area contributed by atoms with E-state index in [2.05, 4.69) is 15.2 Å². The number of morpholine rings is 1. The van der Waals surface area contributed by atoms with Crippen LogP contribution in [0, 0.1) is 6.92 Å². The average Bonchev–Trinajstić information content (AvgIpc) is 3.27. The Labute approximate surface area is 160 Å². The van der Waals surface area contributed by atoms with E-state index in [1.165, 1.54) is 12.8 Å². The Morgan fingerprint density at radius 3 is 2.74 bits per heavy atom. The monoisotopic (exact) mass is 371 g/mol. The number of carbonyl (C=O) groups is 1. The van der Waals surface area contributed by atoms with E-state index in [4.69, 9.17) is 9.47 Å². The summed E-state index contributed by atoms with van der Waals surface area (Å²) in [4.78, 5) is 18.9. The highest BCUT2D eigenvalue weighted by molar-refractivity contribution is 6.01. The number of aryl methyl sites for hydroxylation is 1. The van der Waals surface area contributed by atoms with Gasteiger partial charge in [0.25, 0.3) is 5.91 Å². The molecule has 0 atom stereocenters. The number of hydrogen-bond donors (Lipinski definition) is 2. The smallest absolute Gasteiger partial charge is 0.268 e. The van der Waals surface area contributed by atoms with Crippen molar-refractivity contribution in [2.75, 3.05) is 40.0 Å². The summed E-state index contributed by atoms with van der Waals surface area (Å²) < 4.78 is 10.8. The van der Waals surface area contributed by atoms with Crippen molar-refractivity contribution < 1.29 is 14.3 Å². The van der Waals surface area contributed by atoms with Gasteiger partial charge in [-0.25, -0.2) is 0 Å². The number of fused-ring (bicyclic) bond motifs is 1. The molecule has 0 spiro atoms. The van der Waals surface area contributed by atoms with Gasteiger partial charge in [0, 0.05) is 30.5 Å². The van der Waals surface area contributed by atoms with E-state index in [1.54, 1.807) is 7.11 Å². The van der Waals surface area contributed by atoms with Gasteiger partial charge in [0.05, 0.1) is 25.9 Å². The second-order valence-electron chi connectivity index (χ2n) is 7.87. The maximum absolute atomic E-state index is 13.2. The van der Waals surface area contributed by atoms with Gasteiger partial charge in [0.2, 0.25) is 0 Å². The summed E-state index contributed by atoms with van der Waals surface area (Å²) in [6.07, 6.45) is 4.44. The minimum Gasteiger partial charge on any atom is -0.497 e. The van der Waals surface area contributed by atoms with E-state index in [9.17, 15) is 4.79 Å². The molecule has 0 bridgehead atoms. The summed E-state index contributed by atoms with van der Waals surface area (Å²) in [5.74, 6) is 0.800. The number of rotatable bonds is 5. The first-order chi connectivity index (χ1) is 13.1. The van der Waals surface area contributed by atoms with Crippen molar-refractivity contribution in [3.8, 4) is 5.75 Å². The van der Waals surface area contributed by atoms with E-state index < -0.39 is 0 Å². The molecule has 1 amide bonds. The minimum absolute atomic E-state index is 0.00201. The lowest BCUT2D eigenvalue weighted by atomic mass is 9.95. The van der Waals surface area contributed by atoms with Gasteiger partial charge in [-0.05, 0) is 43.5 Å². The summed E-state index contributed by atoms with van der Waals surface area (Å²) >= 11 is 0. The summed E-state index contributed by atoms with van der Waals surface area (Å²) in [6, 6.07) is 5.87. The quantitative estimate of drug-likeness (QED) is 0.848. The van der Waals surface area contributed by atoms with Crippen molar-refractivity contribution >= 4 is 16.8 Å². The van der Waals surface area contributed by atoms with Crippen molar-refractivity contribution in [2.24, 2.45) is 0 Å². The van der Waals surface area contributed by atoms with E-state index in [1.807, 2.05) is 25.1 Å². The van der Waals surface area contributed by atoms with Crippen LogP contribution in [0.5, 0.6) is 5.75 Å². The number of H-pyrrole nitrogens is 1. The Bertz CT molecular complexity index is 817. The van der Waals surface area contributed by atoms with Gasteiger partial charge in [-0.1, -0.05) is 12.8 Å². The van der Waals surface area contributed by atoms with Gasteiger partial charge in [-0.2, -0.15) is 0 Å². The first kappa shape index (κ1) is 18.3. The molecule has 146 valence electrons. The van der Waals surface area contributed by atoms with Gasteiger partial charge >= 0.3 is 0 Å². The van der Waals surface area contributed by atoms with Gasteiger partial charge < -0.3 is 19.8 Å². The Balaban J connectivity index is 1.56. The van der Waals surface area contributed by atoms with Crippen molar-refractivity contribution in [2.45, 2.75) is 38.1 Å². The number of carbonyl (C=O) groups excluding carboxylic acids is 1. The topological polar surface area (TPSA) is 66.6 Å². The molecule has 2 aliphatic rings. The number of aromatic nitrogens is 1. The van der Waals surface area contributed by atoms with Crippen LogP contribution in [0.2, 0.25) is 0 Å². The summed E-state index contributed by atoms with van der Waals surface area (Å²) in [6.45, 7) is 6.37. The van der Waals surface area contributed by atoms with E-state index in [0.29, 0.717) is 5.69 Å². The summed E-state index contributed by atoms with van der Waals surface area (Å²) in [7, 11) is 1.66. The highest BCUT2D eigenvalue weighted by atomic mass is 16.5. The van der Waals surface area contributed by atoms with Crippen LogP contribution in [0.25, 0.3) is 10.9 Å². The lowest BCUT2D eigenvalue weighted by molar-refractivity contribution is 0.0237. The fraction of sp³-hybridized carbons (Fsp3) is 0.571. The van der Waals surface area contributed by atoms with Crippen molar-refractivity contribution in [3.05, 3.63) is 29.5 Å². The molecule has 1 aromatic carbocycles. The molecule has 1 saturated carbocycles. The highest BCUT2D eigenvalue weighted by Gasteiger charge is 2.38. The molecule has 0 radical (unpaired) electrons. The zero-order valence-electron chi connectivity index (χ0n) is 16.3. The zero-order valence-corrected chi connectivity index (χ0v) is 16.3. The van der Waals surface area contributed by atoms with Crippen LogP contribution < -0.4 is 10.1 Å². The van der Waals surface area contributed by atoms with E-state index in [0.717, 1.165) is 67.9 Å². The summed E-state index contributed by atoms with van der Waals surface area (Å²) in [5.41, 5.74) is 2.47. The molecule has 1 aliphatic carbocycles. The number of amides is 1. The maximum Gasteiger partial charge on any atom is 0.268 e. The van der Waals surface area contributed by atoms with Crippen molar-refractivity contribution in [1.29, 1.82) is 0 Å². The average molecular weight is 371 g/mol. The normalized spacial score (nSPS) is 20.1. The van der Waals surface area contributed by atoms with E-state index >= 15 is 0 Å². The largest absolute Gasteiger partial charge is 0.497 e. The number of nitrogens with zero attached hydrogens (tertiary/aromatic N) is 1. The molecule has 1 saturated heterocycles. The molecular weight excluding hydrogens is 342 g/mol. The van der Waals surface area contributed by atoms with Crippen molar-refractivity contribution in [1.82, 2.24) is 15.2 Å². The van der Waals surface area contributed by atoms with Crippen LogP contribution in [-0.2, 0) is 4.74 Å². The van der Waals surface area contributed by atoms with Crippen LogP contribution in [0.1, 0.15) is 41.7 Å². The second kappa shape index (κ2) is 7.52. The number of aromatic amines is 1. The first-order valence-electron chi connectivity index (χ1n) is 9.89. The third-order valence-electron chi connectivity index (χ3n) is 6.06. The van der Waals surface area contributed by atoms with Crippen LogP contribution in [-0.4, -0.2) is 61.3 Å². The first-order valence-corrected chi connectivity index (χ1v) is 9.89. The van der Waals surface area contributed by atoms with Gasteiger partial charge in [0.15, 0.2) is 0 Å². The predicted molar refractivity (Wildman–Crippen MR) is 106 cm³/mol. The molecule has 6 heteroatoms. The lowest BCUT2D eigenvalue weighted by Gasteiger charge is -2.37. The Kier molecular flexibility index (Phi) is 5.10. The maximum atomic E-state index is 13.2. The molecule has 2 N–H and O–H groups in total. The highest BCUT2D eigenvalue weighted by Crippen LogP contribution is 2.32. The molecular formula is C21H29N3O3. The number of nitrogens with one attached hydrogen (secondary N) is 2. The van der Waals surface area contributed by atoms with Crippen LogP contribution in [0.15, 0.2) is 18.2 Å². The molecule has 0 unspecified atom stereocenters. The zero-order chi connectivity index (χ0) is 18.9. The van der Waals surface area contributed by atoms with E-state index in [-0.39, 0.29) is 11.4 Å². The molecule has 2 heterocycles. The third kappa shape index (κ3) is 3.69. The SMILES string of the molecule is COc1ccc2[nH]c(C(=O)NC3(CN4CCOCC4)CCCC3)c(C)c2c1. The van der Waals surface area contributed by atoms with Crippen LogP contribution in [0.3, 0.4) is 0 Å². The third-order valence-corrected chi connectivity index (χ3v) is 6.06. The number of benzene rings is 1. The Hall–Kier alpha value is -2.05. The van der Waals surface area contributed by atoms with Gasteiger partial charge in [-0.15, -0.1) is 0 Å². The molecule has 4 rings (SSSR count). The second-order valence-corrected chi connectivity index (χ2v) is 7.87. The lowest BCUT2D eigenvalue weighted by Crippen LogP contribution is -2.55. The van der Waals surface area contributed by atoms with Gasteiger partial charge in [-0.3, -0.25) is 9.69 Å². The standard InChI is InChI=1S/C21H29N3O3/c1-15-17-13-16(26-2)5-6-18(17)22-19(15)20(25)23-21(7-3-4-8-21)14-24-9-11-27-12-10-24/h5-6,13,22H,3-4,7-12,14H2,1-2H3,(H,23,25). The van der Waals surface area contributed by atoms with Crippen LogP contribution in [0.4, 0.5) is 0 Å². The molecule has 1 aromatic heterocycles. The number of methoxy groups -OCH3 is 1. The molecule has 27 heavy (non-hydrogen) atoms. The Morgan fingerprint density at radius 1 is 1.30 bits per heavy atom. The fourth-order valence-corrected chi connectivity index (χ4v) is 4.52. The Morgan fingerprint density at radius 2 is 2.04 bits per heavy atom. The number of ether oxygens (including phenoxy) is 2. The number of hydrogen-bond acceptors (Lipinski definition) is 4. The molecule has 1 aliphatic heterocycles. The molecule has 6 nitrogen and oxygen atoms in total. The molecule has 2 fully saturated rings. The summed E-state index contributed by atoms with van der Waals surface area (Å²) in [5, 5.41) is 4.44. The predicted octanol–water partition coefficient (Wildman–Crippen LogP) is 2.86. The van der Waals surface area contributed by atoms with Crippen molar-refractivity contribution in [3.63, 3.8) is 0 Å². The molecule has 2 aromatic rings. The minimum atomic E-state index is -0.129. The van der Waals surface area contributed by atoms with Crippen LogP contribution >= 0.6 is 0 Å².